The molecule has 0 aliphatic heterocycles. The minimum absolute atomic E-state index is 0.0492. The van der Waals surface area contributed by atoms with E-state index in [1.807, 2.05) is 78.9 Å². The number of furan rings is 1. The van der Waals surface area contributed by atoms with Crippen molar-refractivity contribution in [2.45, 2.75) is 0 Å². The second-order valence-corrected chi connectivity index (χ2v) is 10.4. The molecule has 0 aliphatic carbocycles. The molecule has 9 aromatic rings. The van der Waals surface area contributed by atoms with E-state index in [9.17, 15) is 1.37 Å². The molecule has 0 fully saturated rings. The molecule has 0 radical (unpaired) electrons. The maximum absolute atomic E-state index is 9.82. The zero-order valence-corrected chi connectivity index (χ0v) is 21.9. The highest BCUT2D eigenvalue weighted by atomic mass is 16.3. The van der Waals surface area contributed by atoms with E-state index in [2.05, 4.69) is 36.4 Å². The van der Waals surface area contributed by atoms with E-state index >= 15 is 0 Å². The van der Waals surface area contributed by atoms with Crippen LogP contribution in [0.25, 0.3) is 87.3 Å². The van der Waals surface area contributed by atoms with E-state index in [4.69, 9.17) is 9.90 Å². The lowest BCUT2D eigenvalue weighted by molar-refractivity contribution is 0.676. The van der Waals surface area contributed by atoms with E-state index in [0.717, 1.165) is 54.4 Å². The van der Waals surface area contributed by atoms with E-state index in [1.54, 1.807) is 0 Å². The third-order valence-corrected chi connectivity index (χ3v) is 8.24. The van der Waals surface area contributed by atoms with Crippen molar-refractivity contribution in [1.29, 1.82) is 0 Å². The zero-order chi connectivity index (χ0) is 31.3. The van der Waals surface area contributed by atoms with Crippen LogP contribution < -0.4 is 0 Å². The van der Waals surface area contributed by atoms with Crippen LogP contribution >= 0.6 is 0 Å². The fraction of sp³-hybridized carbons (Fsp3) is 0. The molecule has 1 nitrogen and oxygen atoms in total. The van der Waals surface area contributed by atoms with Gasteiger partial charge < -0.3 is 4.42 Å². The molecule has 1 aromatic heterocycles. The lowest BCUT2D eigenvalue weighted by Gasteiger charge is -2.18. The maximum atomic E-state index is 9.82. The largest absolute Gasteiger partial charge is 0.455 e. The van der Waals surface area contributed by atoms with Crippen molar-refractivity contribution in [1.82, 2.24) is 0 Å². The van der Waals surface area contributed by atoms with Gasteiger partial charge in [-0.1, -0.05) is 133 Å². The van der Waals surface area contributed by atoms with Crippen LogP contribution in [0.1, 0.15) is 6.85 Å². The first-order chi connectivity index (χ1) is 22.5. The fourth-order valence-electron chi connectivity index (χ4n) is 6.51. The van der Waals surface area contributed by atoms with E-state index in [-0.39, 0.29) is 41.0 Å². The summed E-state index contributed by atoms with van der Waals surface area (Å²) in [6, 6.07) is 37.6. The smallest absolute Gasteiger partial charge is 0.143 e. The molecule has 0 saturated carbocycles. The molecule has 0 saturated heterocycles. The van der Waals surface area contributed by atoms with Gasteiger partial charge in [-0.15, -0.1) is 0 Å². The molecule has 0 atom stereocenters. The molecular weight excluding hydrogens is 496 g/mol. The minimum atomic E-state index is -0.369. The lowest BCUT2D eigenvalue weighted by Crippen LogP contribution is -1.91. The van der Waals surface area contributed by atoms with E-state index in [0.29, 0.717) is 22.1 Å². The Morgan fingerprint density at radius 3 is 1.78 bits per heavy atom. The average molecular weight is 526 g/mol. The fourth-order valence-corrected chi connectivity index (χ4v) is 6.51. The molecule has 0 unspecified atom stereocenters. The summed E-state index contributed by atoms with van der Waals surface area (Å²) in [5.74, 6) is 0. The Labute approximate surface area is 243 Å². The first kappa shape index (κ1) is 18.0. The van der Waals surface area contributed by atoms with Gasteiger partial charge in [0.2, 0.25) is 0 Å². The third kappa shape index (κ3) is 3.18. The highest BCUT2D eigenvalue weighted by Crippen LogP contribution is 2.49. The van der Waals surface area contributed by atoms with Gasteiger partial charge in [0.1, 0.15) is 11.2 Å². The predicted octanol–water partition coefficient (Wildman–Crippen LogP) is 11.5. The number of fused-ring (bicyclic) bond motifs is 9. The van der Waals surface area contributed by atoms with Gasteiger partial charge in [0, 0.05) is 21.5 Å². The van der Waals surface area contributed by atoms with Crippen molar-refractivity contribution in [3.63, 3.8) is 0 Å². The summed E-state index contributed by atoms with van der Waals surface area (Å²) in [5, 5.41) is 7.70. The Kier molecular flexibility index (Phi) is 3.76. The Balaban J connectivity index is 1.60. The highest BCUT2D eigenvalue weighted by Gasteiger charge is 2.22. The van der Waals surface area contributed by atoms with Crippen LogP contribution in [0.3, 0.4) is 0 Å². The normalized spacial score (nSPS) is 13.6. The van der Waals surface area contributed by atoms with Crippen molar-refractivity contribution < 1.29 is 11.3 Å². The van der Waals surface area contributed by atoms with Crippen molar-refractivity contribution in [3.8, 4) is 22.3 Å². The molecule has 41 heavy (non-hydrogen) atoms. The van der Waals surface area contributed by atoms with Crippen LogP contribution in [0.5, 0.6) is 0 Å². The number of hydrogen-bond donors (Lipinski definition) is 0. The van der Waals surface area contributed by atoms with Crippen molar-refractivity contribution in [3.05, 3.63) is 145 Å². The SMILES string of the molecule is [2H]c1c([2H])c([2H])c2c(c1[2H])c([2H])c(-c1c3ccccc3c(-c3ccccc3)c3ccccc13)c1c3ccc4ccccc4c3oc21. The van der Waals surface area contributed by atoms with Crippen molar-refractivity contribution in [2.75, 3.05) is 0 Å². The summed E-state index contributed by atoms with van der Waals surface area (Å²) in [6.45, 7) is 0. The van der Waals surface area contributed by atoms with Gasteiger partial charge in [-0.2, -0.15) is 0 Å². The molecule has 1 heterocycles. The van der Waals surface area contributed by atoms with Gasteiger partial charge in [0.25, 0.3) is 0 Å². The first-order valence-electron chi connectivity index (χ1n) is 16.2. The van der Waals surface area contributed by atoms with E-state index < -0.39 is 0 Å². The number of benzene rings is 8. The molecule has 0 spiro atoms. The van der Waals surface area contributed by atoms with Gasteiger partial charge in [0.05, 0.1) is 6.85 Å². The highest BCUT2D eigenvalue weighted by molar-refractivity contribution is 6.30. The molecule has 190 valence electrons. The summed E-state index contributed by atoms with van der Waals surface area (Å²) in [7, 11) is 0. The zero-order valence-electron chi connectivity index (χ0n) is 26.9. The van der Waals surface area contributed by atoms with Gasteiger partial charge in [-0.25, -0.2) is 0 Å². The van der Waals surface area contributed by atoms with Crippen LogP contribution in [-0.2, 0) is 0 Å². The molecule has 9 rings (SSSR count). The van der Waals surface area contributed by atoms with Crippen molar-refractivity contribution >= 4 is 65.0 Å². The second-order valence-electron chi connectivity index (χ2n) is 10.4. The number of hydrogen-bond acceptors (Lipinski definition) is 1. The summed E-state index contributed by atoms with van der Waals surface area (Å²) < 4.78 is 51.5. The minimum Gasteiger partial charge on any atom is -0.455 e. The Bertz CT molecular complexity index is 2690. The molecule has 0 amide bonds. The lowest BCUT2D eigenvalue weighted by atomic mass is 9.84. The van der Waals surface area contributed by atoms with Crippen LogP contribution in [0.2, 0.25) is 0 Å². The van der Waals surface area contributed by atoms with Crippen LogP contribution in [0.15, 0.2) is 150 Å². The Hall–Kier alpha value is -5.40. The standard InChI is InChI=1S/C40H24O/c1-2-13-26(14-3-1)36-30-18-8-10-20-32(30)37(33-21-11-9-19-31(33)36)35-24-27-15-5-7-17-29(27)40-38(35)34-23-22-25-12-4-6-16-28(25)39(34)41-40/h1-24H/i5D,7D,15D,17D,24D. The average Bonchev–Trinajstić information content (AvgIpc) is 3.49. The van der Waals surface area contributed by atoms with Crippen LogP contribution in [0, 0.1) is 0 Å². The van der Waals surface area contributed by atoms with Gasteiger partial charge in [-0.05, 0) is 66.7 Å². The monoisotopic (exact) mass is 525 g/mol. The second kappa shape index (κ2) is 8.55. The van der Waals surface area contributed by atoms with Gasteiger partial charge in [-0.3, -0.25) is 0 Å². The van der Waals surface area contributed by atoms with Crippen molar-refractivity contribution in [2.24, 2.45) is 0 Å². The van der Waals surface area contributed by atoms with Crippen LogP contribution in [0.4, 0.5) is 0 Å². The summed E-state index contributed by atoms with van der Waals surface area (Å²) in [5.41, 5.74) is 4.61. The maximum Gasteiger partial charge on any atom is 0.143 e. The predicted molar refractivity (Wildman–Crippen MR) is 175 cm³/mol. The van der Waals surface area contributed by atoms with Crippen LogP contribution in [-0.4, -0.2) is 0 Å². The van der Waals surface area contributed by atoms with Gasteiger partial charge >= 0.3 is 0 Å². The molecule has 0 N–H and O–H groups in total. The molecule has 8 aromatic carbocycles. The summed E-state index contributed by atoms with van der Waals surface area (Å²) >= 11 is 0. The van der Waals surface area contributed by atoms with Gasteiger partial charge in [0.15, 0.2) is 0 Å². The Morgan fingerprint density at radius 2 is 1.05 bits per heavy atom. The summed E-state index contributed by atoms with van der Waals surface area (Å²) in [6.07, 6.45) is 0. The third-order valence-electron chi connectivity index (χ3n) is 8.24. The van der Waals surface area contributed by atoms with E-state index in [1.165, 1.54) is 0 Å². The topological polar surface area (TPSA) is 13.1 Å². The molecule has 1 heteroatoms. The molecular formula is C40H24O. The molecule has 0 aliphatic rings. The Morgan fingerprint density at radius 1 is 0.439 bits per heavy atom. The molecule has 0 bridgehead atoms. The first-order valence-corrected chi connectivity index (χ1v) is 13.7. The number of rotatable bonds is 2. The quantitative estimate of drug-likeness (QED) is 0.205. The summed E-state index contributed by atoms with van der Waals surface area (Å²) in [4.78, 5) is 0.